The number of nitrogens with two attached hydrogens (primary N) is 1. The highest BCUT2D eigenvalue weighted by atomic mass is 16.1. The fraction of sp³-hybridized carbons (Fsp3) is 0.375. The molecular formula is C24H29N5O. The second-order valence-corrected chi connectivity index (χ2v) is 8.09. The molecule has 0 aliphatic heterocycles. The largest absolute Gasteiger partial charge is 0.346 e. The first-order valence-corrected chi connectivity index (χ1v) is 10.7. The van der Waals surface area contributed by atoms with Gasteiger partial charge in [-0.3, -0.25) is 9.78 Å². The topological polar surface area (TPSA) is 96.7 Å². The number of hydrogen-bond donors (Lipinski definition) is 3. The van der Waals surface area contributed by atoms with Gasteiger partial charge in [-0.25, -0.2) is 4.98 Å². The average Bonchev–Trinajstić information content (AvgIpc) is 3.30. The molecule has 156 valence electrons. The minimum Gasteiger partial charge on any atom is -0.346 e. The van der Waals surface area contributed by atoms with Crippen LogP contribution in [-0.2, 0) is 11.2 Å². The first kappa shape index (κ1) is 20.3. The molecule has 0 radical (unpaired) electrons. The first-order valence-electron chi connectivity index (χ1n) is 10.7. The summed E-state index contributed by atoms with van der Waals surface area (Å²) in [7, 11) is 0. The highest BCUT2D eigenvalue weighted by Gasteiger charge is 2.28. The highest BCUT2D eigenvalue weighted by molar-refractivity contribution is 5.79. The maximum absolute atomic E-state index is 13.0. The number of imidazole rings is 1. The minimum absolute atomic E-state index is 0.0521. The third-order valence-corrected chi connectivity index (χ3v) is 6.01. The van der Waals surface area contributed by atoms with Gasteiger partial charge in [0.2, 0.25) is 5.91 Å². The average molecular weight is 404 g/mol. The molecule has 1 aromatic carbocycles. The third kappa shape index (κ3) is 4.94. The molecule has 1 aliphatic carbocycles. The van der Waals surface area contributed by atoms with Crippen LogP contribution in [0.25, 0.3) is 11.4 Å². The Labute approximate surface area is 177 Å². The summed E-state index contributed by atoms with van der Waals surface area (Å²) in [6, 6.07) is 15.7. The van der Waals surface area contributed by atoms with Crippen LogP contribution in [0.1, 0.15) is 43.1 Å². The lowest BCUT2D eigenvalue weighted by atomic mass is 9.81. The van der Waals surface area contributed by atoms with Crippen LogP contribution >= 0.6 is 0 Å². The zero-order valence-corrected chi connectivity index (χ0v) is 17.1. The second kappa shape index (κ2) is 9.67. The molecule has 2 heterocycles. The molecule has 1 amide bonds. The highest BCUT2D eigenvalue weighted by Crippen LogP contribution is 2.29. The van der Waals surface area contributed by atoms with Crippen LogP contribution in [0, 0.1) is 11.8 Å². The number of benzene rings is 1. The summed E-state index contributed by atoms with van der Waals surface area (Å²) in [5.41, 5.74) is 8.55. The summed E-state index contributed by atoms with van der Waals surface area (Å²) in [4.78, 5) is 25.4. The van der Waals surface area contributed by atoms with E-state index in [4.69, 9.17) is 10.7 Å². The molecule has 2 aromatic heterocycles. The predicted octanol–water partition coefficient (Wildman–Crippen LogP) is 3.64. The van der Waals surface area contributed by atoms with Gasteiger partial charge in [-0.05, 0) is 62.3 Å². The van der Waals surface area contributed by atoms with Gasteiger partial charge >= 0.3 is 0 Å². The van der Waals surface area contributed by atoms with Crippen LogP contribution in [0.3, 0.4) is 0 Å². The molecule has 3 aromatic rings. The Hall–Kier alpha value is -2.99. The molecule has 6 nitrogen and oxygen atoms in total. The summed E-state index contributed by atoms with van der Waals surface area (Å²) in [5.74, 6) is 1.47. The fourth-order valence-electron chi connectivity index (χ4n) is 4.18. The van der Waals surface area contributed by atoms with Gasteiger partial charge < -0.3 is 16.0 Å². The number of rotatable bonds is 7. The van der Waals surface area contributed by atoms with E-state index < -0.39 is 0 Å². The fourth-order valence-corrected chi connectivity index (χ4v) is 4.18. The van der Waals surface area contributed by atoms with Gasteiger partial charge in [0, 0.05) is 18.3 Å². The van der Waals surface area contributed by atoms with Crippen molar-refractivity contribution in [1.82, 2.24) is 20.3 Å². The van der Waals surface area contributed by atoms with E-state index in [1.54, 1.807) is 6.20 Å². The van der Waals surface area contributed by atoms with Gasteiger partial charge in [-0.15, -0.1) is 0 Å². The van der Waals surface area contributed by atoms with E-state index >= 15 is 0 Å². The van der Waals surface area contributed by atoms with Gasteiger partial charge in [0.1, 0.15) is 11.5 Å². The van der Waals surface area contributed by atoms with Gasteiger partial charge in [0.15, 0.2) is 0 Å². The summed E-state index contributed by atoms with van der Waals surface area (Å²) in [6.45, 7) is 0.716. The van der Waals surface area contributed by atoms with Crippen molar-refractivity contribution in [3.63, 3.8) is 0 Å². The number of aromatic amines is 1. The maximum Gasteiger partial charge on any atom is 0.223 e. The molecule has 30 heavy (non-hydrogen) atoms. The number of nitrogens with zero attached hydrogens (tertiary/aromatic N) is 2. The van der Waals surface area contributed by atoms with Crippen molar-refractivity contribution in [2.45, 2.75) is 38.1 Å². The second-order valence-electron chi connectivity index (χ2n) is 8.09. The zero-order valence-electron chi connectivity index (χ0n) is 17.1. The summed E-state index contributed by atoms with van der Waals surface area (Å²) in [5, 5.41) is 3.26. The standard InChI is InChI=1S/C24H29N5O/c25-15-18-9-11-19(12-10-18)24(30)29-21(14-17-6-2-1-3-7-17)23-27-16-22(28-23)20-8-4-5-13-26-20/h1-8,13,16,18-19,21H,9-12,14-15,25H2,(H,27,28)(H,29,30). The van der Waals surface area contributed by atoms with Crippen molar-refractivity contribution >= 4 is 5.91 Å². The molecule has 1 fully saturated rings. The molecule has 6 heteroatoms. The Bertz CT molecular complexity index is 932. The van der Waals surface area contributed by atoms with Gasteiger partial charge in [-0.2, -0.15) is 0 Å². The molecule has 1 saturated carbocycles. The van der Waals surface area contributed by atoms with Gasteiger partial charge in [-0.1, -0.05) is 36.4 Å². The van der Waals surface area contributed by atoms with Gasteiger partial charge in [0.25, 0.3) is 0 Å². The van der Waals surface area contributed by atoms with Crippen molar-refractivity contribution in [3.8, 4) is 11.4 Å². The lowest BCUT2D eigenvalue weighted by molar-refractivity contribution is -0.127. The lowest BCUT2D eigenvalue weighted by Gasteiger charge is -2.28. The van der Waals surface area contributed by atoms with Crippen LogP contribution in [0.4, 0.5) is 0 Å². The number of pyridine rings is 1. The van der Waals surface area contributed by atoms with E-state index in [9.17, 15) is 4.79 Å². The Kier molecular flexibility index (Phi) is 6.54. The van der Waals surface area contributed by atoms with Crippen molar-refractivity contribution in [2.75, 3.05) is 6.54 Å². The normalized spacial score (nSPS) is 19.9. The summed E-state index contributed by atoms with van der Waals surface area (Å²) < 4.78 is 0. The molecule has 0 saturated heterocycles. The minimum atomic E-state index is -0.218. The van der Waals surface area contributed by atoms with Crippen LogP contribution < -0.4 is 11.1 Å². The van der Waals surface area contributed by atoms with Gasteiger partial charge in [0.05, 0.1) is 11.7 Å². The van der Waals surface area contributed by atoms with Crippen molar-refractivity contribution in [2.24, 2.45) is 17.6 Å². The quantitative estimate of drug-likeness (QED) is 0.561. The van der Waals surface area contributed by atoms with Crippen molar-refractivity contribution < 1.29 is 4.79 Å². The molecule has 0 spiro atoms. The smallest absolute Gasteiger partial charge is 0.223 e. The van der Waals surface area contributed by atoms with E-state index in [0.29, 0.717) is 18.9 Å². The summed E-state index contributed by atoms with van der Waals surface area (Å²) >= 11 is 0. The third-order valence-electron chi connectivity index (χ3n) is 6.01. The number of aromatic nitrogens is 3. The predicted molar refractivity (Wildman–Crippen MR) is 117 cm³/mol. The van der Waals surface area contributed by atoms with E-state index in [-0.39, 0.29) is 17.9 Å². The zero-order chi connectivity index (χ0) is 20.8. The number of amides is 1. The van der Waals surface area contributed by atoms with E-state index in [0.717, 1.165) is 48.5 Å². The Morgan fingerprint density at radius 1 is 1.07 bits per heavy atom. The van der Waals surface area contributed by atoms with Crippen LogP contribution in [0.15, 0.2) is 60.9 Å². The number of carbonyl (C=O) groups is 1. The lowest BCUT2D eigenvalue weighted by Crippen LogP contribution is -2.37. The molecule has 4 rings (SSSR count). The van der Waals surface area contributed by atoms with E-state index in [1.165, 1.54) is 0 Å². The number of carbonyl (C=O) groups excluding carboxylic acids is 1. The van der Waals surface area contributed by atoms with Crippen LogP contribution in [0.5, 0.6) is 0 Å². The molecule has 4 N–H and O–H groups in total. The molecular weight excluding hydrogens is 374 g/mol. The van der Waals surface area contributed by atoms with Crippen LogP contribution in [-0.4, -0.2) is 27.4 Å². The molecule has 1 atom stereocenters. The number of H-pyrrole nitrogens is 1. The van der Waals surface area contributed by atoms with E-state index in [1.807, 2.05) is 42.6 Å². The van der Waals surface area contributed by atoms with Crippen molar-refractivity contribution in [3.05, 3.63) is 72.3 Å². The Balaban J connectivity index is 1.51. The van der Waals surface area contributed by atoms with E-state index in [2.05, 4.69) is 27.4 Å². The monoisotopic (exact) mass is 403 g/mol. The van der Waals surface area contributed by atoms with Crippen LogP contribution in [0.2, 0.25) is 0 Å². The molecule has 1 unspecified atom stereocenters. The Morgan fingerprint density at radius 3 is 2.53 bits per heavy atom. The summed E-state index contributed by atoms with van der Waals surface area (Å²) in [6.07, 6.45) is 8.16. The first-order chi connectivity index (χ1) is 14.7. The SMILES string of the molecule is NCC1CCC(C(=O)NC(Cc2ccccc2)c2nc(-c3ccccn3)c[nH]2)CC1. The maximum atomic E-state index is 13.0. The molecule has 1 aliphatic rings. The Morgan fingerprint density at radius 2 is 1.83 bits per heavy atom. The van der Waals surface area contributed by atoms with Crippen molar-refractivity contribution in [1.29, 1.82) is 0 Å². The number of hydrogen-bond acceptors (Lipinski definition) is 4. The molecule has 0 bridgehead atoms. The number of nitrogens with one attached hydrogen (secondary N) is 2.